The van der Waals surface area contributed by atoms with Gasteiger partial charge < -0.3 is 15.6 Å². The lowest BCUT2D eigenvalue weighted by Gasteiger charge is -2.32. The van der Waals surface area contributed by atoms with Crippen molar-refractivity contribution in [3.63, 3.8) is 0 Å². The lowest BCUT2D eigenvalue weighted by atomic mass is 9.89. The van der Waals surface area contributed by atoms with Crippen LogP contribution in [0.5, 0.6) is 0 Å². The van der Waals surface area contributed by atoms with Crippen molar-refractivity contribution in [2.45, 2.75) is 32.2 Å². The van der Waals surface area contributed by atoms with Gasteiger partial charge in [0.15, 0.2) is 0 Å². The standard InChI is InChI=1S/C28H32N6O/c1-18-14-26(30-2)32-16-25(18)23-8-11-31-28-24(23)15-22(33(28)3)17-34-12-9-20(10-13-34)19-4-6-21(7-5-19)27(29)35/h4-8,11,14-16,20H,9-10,12-13,17H2,1-3H3,(H2,29,35)(H,30,32). The summed E-state index contributed by atoms with van der Waals surface area (Å²) >= 11 is 0. The van der Waals surface area contributed by atoms with Crippen LogP contribution in [0.15, 0.2) is 54.9 Å². The molecule has 7 heteroatoms. The Hall–Kier alpha value is -3.71. The monoisotopic (exact) mass is 468 g/mol. The van der Waals surface area contributed by atoms with Crippen molar-refractivity contribution in [1.29, 1.82) is 0 Å². The zero-order valence-corrected chi connectivity index (χ0v) is 20.6. The van der Waals surface area contributed by atoms with Gasteiger partial charge in [0.05, 0.1) is 0 Å². The number of rotatable bonds is 6. The van der Waals surface area contributed by atoms with Crippen LogP contribution in [0.1, 0.15) is 45.9 Å². The highest BCUT2D eigenvalue weighted by atomic mass is 16.1. The summed E-state index contributed by atoms with van der Waals surface area (Å²) < 4.78 is 2.22. The number of carbonyl (C=O) groups is 1. The third-order valence-corrected chi connectivity index (χ3v) is 7.33. The zero-order chi connectivity index (χ0) is 24.5. The maximum atomic E-state index is 11.3. The number of hydrogen-bond donors (Lipinski definition) is 2. The Kier molecular flexibility index (Phi) is 6.26. The van der Waals surface area contributed by atoms with E-state index >= 15 is 0 Å². The molecular weight excluding hydrogens is 436 g/mol. The molecule has 0 atom stereocenters. The molecule has 0 radical (unpaired) electrons. The van der Waals surface area contributed by atoms with Gasteiger partial charge in [-0.3, -0.25) is 9.69 Å². The Bertz CT molecular complexity index is 1370. The van der Waals surface area contributed by atoms with E-state index in [0.29, 0.717) is 11.5 Å². The predicted molar refractivity (Wildman–Crippen MR) is 140 cm³/mol. The topological polar surface area (TPSA) is 89.1 Å². The number of nitrogens with two attached hydrogens (primary N) is 1. The van der Waals surface area contributed by atoms with Gasteiger partial charge in [-0.1, -0.05) is 12.1 Å². The van der Waals surface area contributed by atoms with Crippen LogP contribution in [-0.4, -0.2) is 45.5 Å². The Morgan fingerprint density at radius 1 is 1.09 bits per heavy atom. The van der Waals surface area contributed by atoms with Gasteiger partial charge in [-0.15, -0.1) is 0 Å². The molecule has 1 aliphatic heterocycles. The van der Waals surface area contributed by atoms with Crippen molar-refractivity contribution in [3.05, 3.63) is 77.2 Å². The summed E-state index contributed by atoms with van der Waals surface area (Å²) in [6, 6.07) is 14.2. The van der Waals surface area contributed by atoms with Gasteiger partial charge in [0, 0.05) is 55.2 Å². The van der Waals surface area contributed by atoms with E-state index in [1.54, 1.807) is 0 Å². The van der Waals surface area contributed by atoms with E-state index in [4.69, 9.17) is 10.7 Å². The first kappa shape index (κ1) is 23.1. The fraction of sp³-hybridized carbons (Fsp3) is 0.321. The van der Waals surface area contributed by atoms with Crippen LogP contribution in [0.2, 0.25) is 0 Å². The number of amides is 1. The van der Waals surface area contributed by atoms with Crippen molar-refractivity contribution in [1.82, 2.24) is 19.4 Å². The smallest absolute Gasteiger partial charge is 0.248 e. The highest BCUT2D eigenvalue weighted by Gasteiger charge is 2.22. The number of anilines is 1. The average Bonchev–Trinajstić information content (AvgIpc) is 3.20. The molecule has 1 saturated heterocycles. The van der Waals surface area contributed by atoms with Crippen LogP contribution in [0.25, 0.3) is 22.2 Å². The van der Waals surface area contributed by atoms with Gasteiger partial charge in [0.1, 0.15) is 11.5 Å². The number of likely N-dealkylation sites (tertiary alicyclic amines) is 1. The first-order valence-corrected chi connectivity index (χ1v) is 12.1. The van der Waals surface area contributed by atoms with Crippen molar-refractivity contribution in [3.8, 4) is 11.1 Å². The van der Waals surface area contributed by atoms with Crippen LogP contribution >= 0.6 is 0 Å². The molecule has 0 unspecified atom stereocenters. The molecule has 0 aliphatic carbocycles. The number of aryl methyl sites for hydroxylation is 2. The Balaban J connectivity index is 1.33. The Morgan fingerprint density at radius 3 is 2.49 bits per heavy atom. The molecule has 4 heterocycles. The molecule has 35 heavy (non-hydrogen) atoms. The molecule has 180 valence electrons. The third kappa shape index (κ3) is 4.51. The normalized spacial score (nSPS) is 14.9. The number of nitrogens with one attached hydrogen (secondary N) is 1. The SMILES string of the molecule is CNc1cc(C)c(-c2ccnc3c2cc(CN2CCC(c4ccc(C(N)=O)cc4)CC2)n3C)cn1. The van der Waals surface area contributed by atoms with Crippen LogP contribution < -0.4 is 11.1 Å². The fourth-order valence-corrected chi connectivity index (χ4v) is 5.21. The quantitative estimate of drug-likeness (QED) is 0.436. The minimum Gasteiger partial charge on any atom is -0.373 e. The molecule has 7 nitrogen and oxygen atoms in total. The summed E-state index contributed by atoms with van der Waals surface area (Å²) in [6.45, 7) is 5.10. The van der Waals surface area contributed by atoms with Crippen LogP contribution in [0.3, 0.4) is 0 Å². The number of fused-ring (bicyclic) bond motifs is 1. The van der Waals surface area contributed by atoms with Gasteiger partial charge in [-0.2, -0.15) is 0 Å². The number of nitrogens with zero attached hydrogens (tertiary/aromatic N) is 4. The van der Waals surface area contributed by atoms with Crippen LogP contribution in [0, 0.1) is 6.92 Å². The maximum Gasteiger partial charge on any atom is 0.248 e. The van der Waals surface area contributed by atoms with Crippen molar-refractivity contribution < 1.29 is 4.79 Å². The molecule has 0 saturated carbocycles. The Labute approximate surface area is 206 Å². The van der Waals surface area contributed by atoms with Gasteiger partial charge in [0.25, 0.3) is 0 Å². The van der Waals surface area contributed by atoms with E-state index in [2.05, 4.69) is 64.1 Å². The van der Waals surface area contributed by atoms with E-state index in [-0.39, 0.29) is 5.91 Å². The lowest BCUT2D eigenvalue weighted by molar-refractivity contribution is 0.1000. The second-order valence-corrected chi connectivity index (χ2v) is 9.46. The Morgan fingerprint density at radius 2 is 1.83 bits per heavy atom. The highest BCUT2D eigenvalue weighted by Crippen LogP contribution is 2.33. The molecule has 3 aromatic heterocycles. The summed E-state index contributed by atoms with van der Waals surface area (Å²) in [7, 11) is 3.99. The van der Waals surface area contributed by atoms with Crippen molar-refractivity contribution >= 4 is 22.8 Å². The minimum atomic E-state index is -0.375. The number of piperidine rings is 1. The zero-order valence-electron chi connectivity index (χ0n) is 20.6. The van der Waals surface area contributed by atoms with E-state index in [1.807, 2.05) is 31.6 Å². The second kappa shape index (κ2) is 9.50. The number of carbonyl (C=O) groups excluding carboxylic acids is 1. The summed E-state index contributed by atoms with van der Waals surface area (Å²) in [4.78, 5) is 23.1. The molecule has 1 aromatic carbocycles. The van der Waals surface area contributed by atoms with Gasteiger partial charge >= 0.3 is 0 Å². The molecule has 1 fully saturated rings. The summed E-state index contributed by atoms with van der Waals surface area (Å²) in [5, 5.41) is 4.27. The largest absolute Gasteiger partial charge is 0.373 e. The highest BCUT2D eigenvalue weighted by molar-refractivity contribution is 5.94. The van der Waals surface area contributed by atoms with Crippen molar-refractivity contribution in [2.75, 3.05) is 25.5 Å². The number of pyridine rings is 2. The number of aromatic nitrogens is 3. The first-order valence-electron chi connectivity index (χ1n) is 12.1. The predicted octanol–water partition coefficient (Wildman–Crippen LogP) is 4.46. The van der Waals surface area contributed by atoms with E-state index in [9.17, 15) is 4.79 Å². The van der Waals surface area contributed by atoms with E-state index in [0.717, 1.165) is 54.9 Å². The average molecular weight is 469 g/mol. The van der Waals surface area contributed by atoms with Gasteiger partial charge in [-0.25, -0.2) is 9.97 Å². The molecule has 5 rings (SSSR count). The van der Waals surface area contributed by atoms with Gasteiger partial charge in [0.2, 0.25) is 5.91 Å². The fourth-order valence-electron chi connectivity index (χ4n) is 5.21. The van der Waals surface area contributed by atoms with Crippen LogP contribution in [0.4, 0.5) is 5.82 Å². The summed E-state index contributed by atoms with van der Waals surface area (Å²) in [6.07, 6.45) is 6.04. The second-order valence-electron chi connectivity index (χ2n) is 9.46. The third-order valence-electron chi connectivity index (χ3n) is 7.33. The van der Waals surface area contributed by atoms with Gasteiger partial charge in [-0.05, 0) is 85.8 Å². The number of primary amides is 1. The number of benzene rings is 1. The molecule has 3 N–H and O–H groups in total. The summed E-state index contributed by atoms with van der Waals surface area (Å²) in [5.74, 6) is 1.02. The van der Waals surface area contributed by atoms with E-state index < -0.39 is 0 Å². The molecule has 0 spiro atoms. The first-order chi connectivity index (χ1) is 16.9. The summed E-state index contributed by atoms with van der Waals surface area (Å²) in [5.41, 5.74) is 13.0. The lowest BCUT2D eigenvalue weighted by Crippen LogP contribution is -2.33. The molecule has 1 aliphatic rings. The van der Waals surface area contributed by atoms with Crippen LogP contribution in [-0.2, 0) is 13.6 Å². The maximum absolute atomic E-state index is 11.3. The molecular formula is C28H32N6O. The number of hydrogen-bond acceptors (Lipinski definition) is 5. The van der Waals surface area contributed by atoms with Crippen molar-refractivity contribution in [2.24, 2.45) is 12.8 Å². The molecule has 1 amide bonds. The van der Waals surface area contributed by atoms with E-state index in [1.165, 1.54) is 22.4 Å². The molecule has 0 bridgehead atoms. The minimum absolute atomic E-state index is 0.375. The molecule has 4 aromatic rings.